The van der Waals surface area contributed by atoms with Crippen LogP contribution in [0.25, 0.3) is 0 Å². The second-order valence-corrected chi connectivity index (χ2v) is 5.25. The maximum Gasteiger partial charge on any atom is 0.332 e. The first-order valence-electron chi connectivity index (χ1n) is 5.97. The van der Waals surface area contributed by atoms with Crippen LogP contribution in [0, 0.1) is 6.92 Å². The van der Waals surface area contributed by atoms with Gasteiger partial charge in [-0.2, -0.15) is 5.10 Å². The Kier molecular flexibility index (Phi) is 4.48. The van der Waals surface area contributed by atoms with E-state index >= 15 is 0 Å². The second-order valence-electron chi connectivity index (χ2n) is 5.25. The summed E-state index contributed by atoms with van der Waals surface area (Å²) in [6, 6.07) is 7.83. The number of nitrogens with two attached hydrogens (primary N) is 1. The van der Waals surface area contributed by atoms with Gasteiger partial charge < -0.3 is 5.73 Å². The maximum atomic E-state index is 10.6. The lowest BCUT2D eigenvalue weighted by Crippen LogP contribution is -2.27. The summed E-state index contributed by atoms with van der Waals surface area (Å²) in [6.45, 7) is 8.26. The van der Waals surface area contributed by atoms with Crippen LogP contribution < -0.4 is 11.2 Å². The van der Waals surface area contributed by atoms with E-state index in [-0.39, 0.29) is 5.41 Å². The molecule has 1 aromatic carbocycles. The summed E-state index contributed by atoms with van der Waals surface area (Å²) in [5, 5.41) is 3.94. The number of urea groups is 1. The predicted octanol–water partition coefficient (Wildman–Crippen LogP) is 2.71. The van der Waals surface area contributed by atoms with E-state index < -0.39 is 6.03 Å². The third-order valence-electron chi connectivity index (χ3n) is 2.89. The van der Waals surface area contributed by atoms with Crippen LogP contribution in [0.1, 0.15) is 38.3 Å². The van der Waals surface area contributed by atoms with Gasteiger partial charge in [0.15, 0.2) is 0 Å². The van der Waals surface area contributed by atoms with E-state index in [0.717, 1.165) is 12.1 Å². The SMILES string of the molecule is CC(CC(C)(C)c1ccc(C)cc1)=NNC(N)=O. The molecule has 0 bridgehead atoms. The third kappa shape index (κ3) is 4.20. The number of aryl methyl sites for hydroxylation is 1. The van der Waals surface area contributed by atoms with Crippen LogP contribution in [0.4, 0.5) is 4.79 Å². The maximum absolute atomic E-state index is 10.6. The highest BCUT2D eigenvalue weighted by Gasteiger charge is 2.21. The highest BCUT2D eigenvalue weighted by atomic mass is 16.2. The molecule has 0 aliphatic carbocycles. The number of benzene rings is 1. The zero-order valence-electron chi connectivity index (χ0n) is 11.4. The average molecular weight is 247 g/mol. The molecule has 0 fully saturated rings. The molecule has 18 heavy (non-hydrogen) atoms. The second kappa shape index (κ2) is 5.67. The van der Waals surface area contributed by atoms with E-state index in [1.807, 2.05) is 6.92 Å². The molecule has 4 heteroatoms. The monoisotopic (exact) mass is 247 g/mol. The van der Waals surface area contributed by atoms with Gasteiger partial charge in [-0.25, -0.2) is 10.2 Å². The van der Waals surface area contributed by atoms with Gasteiger partial charge in [-0.3, -0.25) is 0 Å². The molecule has 0 saturated heterocycles. The molecule has 0 heterocycles. The molecule has 0 unspecified atom stereocenters. The Morgan fingerprint density at radius 3 is 2.39 bits per heavy atom. The molecule has 4 nitrogen and oxygen atoms in total. The Balaban J connectivity index is 2.78. The number of hydrazone groups is 1. The van der Waals surface area contributed by atoms with Gasteiger partial charge in [-0.15, -0.1) is 0 Å². The number of hydrogen-bond acceptors (Lipinski definition) is 2. The van der Waals surface area contributed by atoms with Crippen molar-refractivity contribution in [2.75, 3.05) is 0 Å². The van der Waals surface area contributed by atoms with Gasteiger partial charge in [0, 0.05) is 5.71 Å². The van der Waals surface area contributed by atoms with Crippen molar-refractivity contribution in [3.63, 3.8) is 0 Å². The standard InChI is InChI=1S/C14H21N3O/c1-10-5-7-12(8-6-10)14(3,4)9-11(2)16-17-13(15)18/h5-8H,9H2,1-4H3,(H3,15,17,18). The third-order valence-corrected chi connectivity index (χ3v) is 2.89. The van der Waals surface area contributed by atoms with Crippen LogP contribution in [-0.4, -0.2) is 11.7 Å². The number of amides is 2. The molecule has 0 saturated carbocycles. The lowest BCUT2D eigenvalue weighted by atomic mass is 9.80. The fourth-order valence-corrected chi connectivity index (χ4v) is 1.94. The van der Waals surface area contributed by atoms with Crippen LogP contribution in [0.5, 0.6) is 0 Å². The zero-order chi connectivity index (χ0) is 13.8. The van der Waals surface area contributed by atoms with Crippen molar-refractivity contribution in [2.24, 2.45) is 10.8 Å². The van der Waals surface area contributed by atoms with Crippen molar-refractivity contribution in [3.05, 3.63) is 35.4 Å². The van der Waals surface area contributed by atoms with Crippen LogP contribution in [-0.2, 0) is 5.41 Å². The molecular formula is C14H21N3O. The van der Waals surface area contributed by atoms with Crippen LogP contribution in [0.2, 0.25) is 0 Å². The van der Waals surface area contributed by atoms with Crippen molar-refractivity contribution in [2.45, 2.75) is 39.5 Å². The number of carbonyl (C=O) groups is 1. The first-order valence-corrected chi connectivity index (χ1v) is 5.97. The minimum Gasteiger partial charge on any atom is -0.350 e. The number of nitrogens with zero attached hydrogens (tertiary/aromatic N) is 1. The van der Waals surface area contributed by atoms with Gasteiger partial charge in [0.2, 0.25) is 0 Å². The first-order chi connectivity index (χ1) is 8.31. The summed E-state index contributed by atoms with van der Waals surface area (Å²) in [5.41, 5.74) is 10.5. The quantitative estimate of drug-likeness (QED) is 0.623. The minimum absolute atomic E-state index is 0.0272. The smallest absolute Gasteiger partial charge is 0.332 e. The molecule has 0 aliphatic rings. The molecule has 2 amide bonds. The Morgan fingerprint density at radius 1 is 1.33 bits per heavy atom. The molecule has 1 aromatic rings. The van der Waals surface area contributed by atoms with Gasteiger partial charge in [0.25, 0.3) is 0 Å². The molecule has 1 rings (SSSR count). The molecule has 0 radical (unpaired) electrons. The highest BCUT2D eigenvalue weighted by molar-refractivity contribution is 5.84. The number of hydrogen-bond donors (Lipinski definition) is 2. The van der Waals surface area contributed by atoms with E-state index in [0.29, 0.717) is 0 Å². The van der Waals surface area contributed by atoms with E-state index in [1.54, 1.807) is 0 Å². The summed E-state index contributed by atoms with van der Waals surface area (Å²) in [6.07, 6.45) is 0.760. The largest absolute Gasteiger partial charge is 0.350 e. The van der Waals surface area contributed by atoms with Crippen molar-refractivity contribution in [1.29, 1.82) is 0 Å². The predicted molar refractivity (Wildman–Crippen MR) is 74.7 cm³/mol. The van der Waals surface area contributed by atoms with Gasteiger partial charge in [0.05, 0.1) is 0 Å². The molecule has 3 N–H and O–H groups in total. The lowest BCUT2D eigenvalue weighted by Gasteiger charge is -2.25. The topological polar surface area (TPSA) is 67.5 Å². The summed E-state index contributed by atoms with van der Waals surface area (Å²) < 4.78 is 0. The normalized spacial score (nSPS) is 12.3. The molecule has 0 aliphatic heterocycles. The lowest BCUT2D eigenvalue weighted by molar-refractivity contribution is 0.249. The Morgan fingerprint density at radius 2 is 1.89 bits per heavy atom. The van der Waals surface area contributed by atoms with E-state index in [1.165, 1.54) is 11.1 Å². The van der Waals surface area contributed by atoms with Gasteiger partial charge in [-0.05, 0) is 31.2 Å². The summed E-state index contributed by atoms with van der Waals surface area (Å²) in [5.74, 6) is 0. The minimum atomic E-state index is -0.637. The van der Waals surface area contributed by atoms with E-state index in [2.05, 4.69) is 55.6 Å². The van der Waals surface area contributed by atoms with Gasteiger partial charge in [0.1, 0.15) is 0 Å². The summed E-state index contributed by atoms with van der Waals surface area (Å²) in [4.78, 5) is 10.6. The van der Waals surface area contributed by atoms with Crippen LogP contribution in [0.3, 0.4) is 0 Å². The molecule has 0 aromatic heterocycles. The average Bonchev–Trinajstić information content (AvgIpc) is 2.26. The first kappa shape index (κ1) is 14.2. The number of rotatable bonds is 4. The van der Waals surface area contributed by atoms with E-state index in [4.69, 9.17) is 5.73 Å². The number of nitrogens with one attached hydrogen (secondary N) is 1. The van der Waals surface area contributed by atoms with Crippen molar-refractivity contribution < 1.29 is 4.79 Å². The van der Waals surface area contributed by atoms with Crippen molar-refractivity contribution in [3.8, 4) is 0 Å². The molecular weight excluding hydrogens is 226 g/mol. The van der Waals surface area contributed by atoms with E-state index in [9.17, 15) is 4.79 Å². The molecule has 0 atom stereocenters. The van der Waals surface area contributed by atoms with Crippen molar-refractivity contribution in [1.82, 2.24) is 5.43 Å². The number of primary amides is 1. The van der Waals surface area contributed by atoms with Crippen LogP contribution >= 0.6 is 0 Å². The molecule has 98 valence electrons. The summed E-state index contributed by atoms with van der Waals surface area (Å²) in [7, 11) is 0. The highest BCUT2D eigenvalue weighted by Crippen LogP contribution is 2.27. The Labute approximate surface area is 108 Å². The summed E-state index contributed by atoms with van der Waals surface area (Å²) >= 11 is 0. The van der Waals surface area contributed by atoms with Crippen LogP contribution in [0.15, 0.2) is 29.4 Å². The fraction of sp³-hybridized carbons (Fsp3) is 0.429. The Hall–Kier alpha value is -1.84. The molecule has 0 spiro atoms. The van der Waals surface area contributed by atoms with Crippen molar-refractivity contribution >= 4 is 11.7 Å². The number of carbonyl (C=O) groups excluding carboxylic acids is 1. The zero-order valence-corrected chi connectivity index (χ0v) is 11.4. The Bertz CT molecular complexity index is 447. The fourth-order valence-electron chi connectivity index (χ4n) is 1.94. The van der Waals surface area contributed by atoms with Gasteiger partial charge >= 0.3 is 6.03 Å². The van der Waals surface area contributed by atoms with Gasteiger partial charge in [-0.1, -0.05) is 43.7 Å².